The van der Waals surface area contributed by atoms with Gasteiger partial charge in [-0.2, -0.15) is 0 Å². The second-order valence-electron chi connectivity index (χ2n) is 5.31. The van der Waals surface area contributed by atoms with Gasteiger partial charge in [0.2, 0.25) is 0 Å². The van der Waals surface area contributed by atoms with Gasteiger partial charge in [0, 0.05) is 19.4 Å². The molecule has 6 nitrogen and oxygen atoms in total. The van der Waals surface area contributed by atoms with Gasteiger partial charge in [0.25, 0.3) is 5.91 Å². The molecule has 8 heteroatoms. The highest BCUT2D eigenvalue weighted by molar-refractivity contribution is 8.18. The molecule has 1 amide bonds. The molecule has 0 saturated carbocycles. The zero-order valence-corrected chi connectivity index (χ0v) is 16.0. The fourth-order valence-electron chi connectivity index (χ4n) is 2.31. The van der Waals surface area contributed by atoms with Crippen LogP contribution in [-0.2, 0) is 4.79 Å². The first-order valence-electron chi connectivity index (χ1n) is 7.61. The Labute approximate surface area is 160 Å². The number of ether oxygens (including phenoxy) is 2. The Kier molecular flexibility index (Phi) is 5.49. The summed E-state index contributed by atoms with van der Waals surface area (Å²) >= 11 is 7.38. The standard InChI is InChI=1S/C18H16ClN3O3S/c1-22-17(23)16(9-11-4-5-14(24-2)15(8-11)25-3)26-18(22)21-13-6-7-20-10-12(13)19/h4-10H,1-3H3/b16-9-,21-18?. The summed E-state index contributed by atoms with van der Waals surface area (Å²) < 4.78 is 10.5. The highest BCUT2D eigenvalue weighted by Crippen LogP contribution is 2.35. The van der Waals surface area contributed by atoms with E-state index in [9.17, 15) is 4.79 Å². The number of carbonyl (C=O) groups excluding carboxylic acids is 1. The van der Waals surface area contributed by atoms with Crippen LogP contribution >= 0.6 is 23.4 Å². The van der Waals surface area contributed by atoms with Gasteiger partial charge in [-0.1, -0.05) is 17.7 Å². The Hall–Kier alpha value is -2.51. The molecule has 3 rings (SSSR count). The number of aromatic nitrogens is 1. The molecule has 1 fully saturated rings. The third-order valence-electron chi connectivity index (χ3n) is 3.68. The Morgan fingerprint density at radius 1 is 1.23 bits per heavy atom. The van der Waals surface area contributed by atoms with Crippen molar-refractivity contribution in [3.8, 4) is 11.5 Å². The van der Waals surface area contributed by atoms with E-state index in [1.54, 1.807) is 45.7 Å². The van der Waals surface area contributed by atoms with Gasteiger partial charge in [0.15, 0.2) is 16.7 Å². The third-order valence-corrected chi connectivity index (χ3v) is 5.03. The maximum Gasteiger partial charge on any atom is 0.266 e. The summed E-state index contributed by atoms with van der Waals surface area (Å²) in [5.74, 6) is 1.10. The number of likely N-dealkylation sites (N-methyl/N-ethyl adjacent to an activating group) is 1. The van der Waals surface area contributed by atoms with E-state index in [0.29, 0.717) is 32.3 Å². The van der Waals surface area contributed by atoms with Crippen LogP contribution in [0.25, 0.3) is 6.08 Å². The lowest BCUT2D eigenvalue weighted by atomic mass is 10.2. The molecule has 1 aliphatic rings. The highest BCUT2D eigenvalue weighted by atomic mass is 35.5. The summed E-state index contributed by atoms with van der Waals surface area (Å²) in [5, 5.41) is 0.980. The maximum absolute atomic E-state index is 12.5. The van der Waals surface area contributed by atoms with E-state index in [1.807, 2.05) is 12.1 Å². The van der Waals surface area contributed by atoms with E-state index in [4.69, 9.17) is 21.1 Å². The van der Waals surface area contributed by atoms with Gasteiger partial charge >= 0.3 is 0 Å². The third kappa shape index (κ3) is 3.68. The van der Waals surface area contributed by atoms with E-state index >= 15 is 0 Å². The van der Waals surface area contributed by atoms with Crippen LogP contribution in [0.3, 0.4) is 0 Å². The van der Waals surface area contributed by atoms with Crippen molar-refractivity contribution >= 4 is 46.2 Å². The van der Waals surface area contributed by atoms with Gasteiger partial charge < -0.3 is 9.47 Å². The molecule has 1 aliphatic heterocycles. The highest BCUT2D eigenvalue weighted by Gasteiger charge is 2.30. The molecule has 2 aromatic rings. The van der Waals surface area contributed by atoms with Crippen LogP contribution in [0.4, 0.5) is 5.69 Å². The Morgan fingerprint density at radius 3 is 2.69 bits per heavy atom. The molecular weight excluding hydrogens is 374 g/mol. The van der Waals surface area contributed by atoms with Crippen LogP contribution in [0.2, 0.25) is 5.02 Å². The van der Waals surface area contributed by atoms with Crippen LogP contribution in [0.15, 0.2) is 46.6 Å². The minimum Gasteiger partial charge on any atom is -0.493 e. The van der Waals surface area contributed by atoms with Crippen molar-refractivity contribution in [2.24, 2.45) is 4.99 Å². The SMILES string of the molecule is COc1ccc(/C=C2\SC(=Nc3ccncc3Cl)N(C)C2=O)cc1OC. The number of amidine groups is 1. The molecule has 0 aliphatic carbocycles. The number of hydrogen-bond acceptors (Lipinski definition) is 6. The van der Waals surface area contributed by atoms with Crippen LogP contribution in [0.5, 0.6) is 11.5 Å². The van der Waals surface area contributed by atoms with Crippen molar-refractivity contribution in [2.45, 2.75) is 0 Å². The average molecular weight is 390 g/mol. The molecule has 1 aromatic carbocycles. The molecular formula is C18H16ClN3O3S. The molecule has 2 heterocycles. The Morgan fingerprint density at radius 2 is 2.00 bits per heavy atom. The minimum atomic E-state index is -0.131. The minimum absolute atomic E-state index is 0.131. The molecule has 1 aromatic heterocycles. The number of benzene rings is 1. The number of aliphatic imine (C=N–C) groups is 1. The van der Waals surface area contributed by atoms with Crippen molar-refractivity contribution in [3.05, 3.63) is 52.2 Å². The van der Waals surface area contributed by atoms with Gasteiger partial charge in [-0.15, -0.1) is 0 Å². The molecule has 1 saturated heterocycles. The van der Waals surface area contributed by atoms with E-state index in [2.05, 4.69) is 9.98 Å². The quantitative estimate of drug-likeness (QED) is 0.740. The summed E-state index contributed by atoms with van der Waals surface area (Å²) in [5.41, 5.74) is 1.39. The largest absolute Gasteiger partial charge is 0.493 e. The monoisotopic (exact) mass is 389 g/mol. The molecule has 0 atom stereocenters. The first-order chi connectivity index (χ1) is 12.5. The lowest BCUT2D eigenvalue weighted by Crippen LogP contribution is -2.23. The first kappa shape index (κ1) is 18.3. The topological polar surface area (TPSA) is 64.0 Å². The number of hydrogen-bond donors (Lipinski definition) is 0. The zero-order chi connectivity index (χ0) is 18.7. The van der Waals surface area contributed by atoms with Gasteiger partial charge in [0.1, 0.15) is 0 Å². The van der Waals surface area contributed by atoms with Crippen molar-refractivity contribution < 1.29 is 14.3 Å². The molecule has 0 N–H and O–H groups in total. The normalized spacial score (nSPS) is 17.2. The number of pyridine rings is 1. The van der Waals surface area contributed by atoms with Crippen LogP contribution < -0.4 is 9.47 Å². The van der Waals surface area contributed by atoms with Crippen LogP contribution in [-0.4, -0.2) is 42.2 Å². The second-order valence-corrected chi connectivity index (χ2v) is 6.73. The van der Waals surface area contributed by atoms with Gasteiger partial charge in [-0.3, -0.25) is 14.7 Å². The van der Waals surface area contributed by atoms with Crippen LogP contribution in [0.1, 0.15) is 5.56 Å². The number of amides is 1. The van der Waals surface area contributed by atoms with Gasteiger partial charge in [-0.25, -0.2) is 4.99 Å². The summed E-state index contributed by atoms with van der Waals surface area (Å²) in [4.78, 5) is 23.0. The number of nitrogens with zero attached hydrogens (tertiary/aromatic N) is 3. The lowest BCUT2D eigenvalue weighted by molar-refractivity contribution is -0.121. The van der Waals surface area contributed by atoms with E-state index in [1.165, 1.54) is 22.9 Å². The van der Waals surface area contributed by atoms with Crippen molar-refractivity contribution in [2.75, 3.05) is 21.3 Å². The van der Waals surface area contributed by atoms with E-state index < -0.39 is 0 Å². The molecule has 134 valence electrons. The molecule has 0 bridgehead atoms. The lowest BCUT2D eigenvalue weighted by Gasteiger charge is -2.08. The Bertz CT molecular complexity index is 914. The van der Waals surface area contributed by atoms with Crippen molar-refractivity contribution in [1.82, 2.24) is 9.88 Å². The van der Waals surface area contributed by atoms with Gasteiger partial charge in [0.05, 0.1) is 29.8 Å². The van der Waals surface area contributed by atoms with E-state index in [0.717, 1.165) is 5.56 Å². The molecule has 0 unspecified atom stereocenters. The van der Waals surface area contributed by atoms with Crippen molar-refractivity contribution in [3.63, 3.8) is 0 Å². The number of methoxy groups -OCH3 is 2. The molecule has 26 heavy (non-hydrogen) atoms. The molecule has 0 radical (unpaired) electrons. The second kappa shape index (κ2) is 7.80. The summed E-state index contributed by atoms with van der Waals surface area (Å²) in [6.07, 6.45) is 4.91. The number of thioether (sulfide) groups is 1. The predicted octanol–water partition coefficient (Wildman–Crippen LogP) is 3.99. The van der Waals surface area contributed by atoms with Gasteiger partial charge in [-0.05, 0) is 41.6 Å². The maximum atomic E-state index is 12.5. The average Bonchev–Trinajstić information content (AvgIpc) is 2.91. The number of rotatable bonds is 4. The summed E-state index contributed by atoms with van der Waals surface area (Å²) in [6.45, 7) is 0. The Balaban J connectivity index is 1.92. The fourth-order valence-corrected chi connectivity index (χ4v) is 3.45. The molecule has 0 spiro atoms. The van der Waals surface area contributed by atoms with E-state index in [-0.39, 0.29) is 5.91 Å². The smallest absolute Gasteiger partial charge is 0.266 e. The first-order valence-corrected chi connectivity index (χ1v) is 8.80. The number of halogens is 1. The predicted molar refractivity (Wildman–Crippen MR) is 104 cm³/mol. The number of carbonyl (C=O) groups is 1. The summed E-state index contributed by atoms with van der Waals surface area (Å²) in [7, 11) is 4.83. The van der Waals surface area contributed by atoms with Crippen molar-refractivity contribution in [1.29, 1.82) is 0 Å². The fraction of sp³-hybridized carbons (Fsp3) is 0.167. The zero-order valence-electron chi connectivity index (χ0n) is 14.4. The van der Waals surface area contributed by atoms with Crippen LogP contribution in [0, 0.1) is 0 Å². The summed E-state index contributed by atoms with van der Waals surface area (Å²) in [6, 6.07) is 7.17.